The summed E-state index contributed by atoms with van der Waals surface area (Å²) in [6, 6.07) is 4.10. The first-order valence-corrected chi connectivity index (χ1v) is 23.5. The number of hydrogen-bond donors (Lipinski definition) is 6. The van der Waals surface area contributed by atoms with Gasteiger partial charge in [0.25, 0.3) is 37.8 Å². The van der Waals surface area contributed by atoms with Crippen LogP contribution in [0.3, 0.4) is 0 Å². The first-order chi connectivity index (χ1) is 35.7. The van der Waals surface area contributed by atoms with E-state index in [0.717, 1.165) is 0 Å². The van der Waals surface area contributed by atoms with Crippen molar-refractivity contribution in [3.63, 3.8) is 0 Å². The smallest absolute Gasteiger partial charge is 0.426 e. The van der Waals surface area contributed by atoms with E-state index < -0.39 is 188 Å². The molecule has 0 aliphatic rings. The molecule has 80 heavy (non-hydrogen) atoms. The van der Waals surface area contributed by atoms with Gasteiger partial charge in [0.2, 0.25) is 0 Å². The molecule has 7 N–H and O–H groups in total. The van der Waals surface area contributed by atoms with Crippen LogP contribution in [0.15, 0.2) is 71.0 Å². The van der Waals surface area contributed by atoms with E-state index in [2.05, 4.69) is 28.9 Å². The maximum Gasteiger partial charge on any atom is 0.426 e. The second kappa shape index (κ2) is 26.1. The molecule has 20 nitrogen and oxygen atoms in total. The lowest BCUT2D eigenvalue weighted by atomic mass is 9.99. The van der Waals surface area contributed by atoms with Crippen LogP contribution in [0.2, 0.25) is 0 Å². The lowest BCUT2D eigenvalue weighted by Gasteiger charge is -2.32. The van der Waals surface area contributed by atoms with Crippen molar-refractivity contribution >= 4 is 44.1 Å². The van der Waals surface area contributed by atoms with E-state index in [1.54, 1.807) is 12.5 Å². The Bertz CT molecular complexity index is 2610. The quantitative estimate of drug-likeness (QED) is 0.0353. The van der Waals surface area contributed by atoms with Gasteiger partial charge in [-0.15, -0.1) is 0 Å². The van der Waals surface area contributed by atoms with E-state index in [1.807, 2.05) is 12.3 Å². The third-order valence-electron chi connectivity index (χ3n) is 10.0. The number of halogens is 18. The van der Waals surface area contributed by atoms with Crippen LogP contribution < -0.4 is 4.98 Å². The molecule has 454 valence electrons. The number of aliphatic hydroxyl groups is 4. The van der Waals surface area contributed by atoms with Gasteiger partial charge in [-0.25, -0.2) is 19.2 Å². The van der Waals surface area contributed by atoms with Crippen molar-refractivity contribution in [2.75, 3.05) is 26.4 Å². The average molecular weight is 1240 g/mol. The molecular weight excluding hydrogens is 1200 g/mol. The molecule has 40 heteroatoms. The SMILES string of the molecule is CC(O)(CCOC(=O)c1cc(C(=O)OCCC(O)(C(F)(F)F)C(F)(F)F)cc(S(=O)(=O)O)c1)C(F)(F)F.CC(O)(CCOC(=O)c1cc(C(=O)OCCC(O)(C(F)(F)F)C(F)(F)F)cc(S(=O)(=O)O)c1)C(F)(F)F.c1cnc[nH+]c1. The number of H-pyrrole nitrogens is 1. The lowest BCUT2D eigenvalue weighted by molar-refractivity contribution is -0.382. The number of hydrogen-bond acceptors (Lipinski definition) is 17. The van der Waals surface area contributed by atoms with Gasteiger partial charge in [-0.05, 0) is 50.2 Å². The van der Waals surface area contributed by atoms with Crippen molar-refractivity contribution in [2.45, 2.75) is 109 Å². The molecule has 0 amide bonds. The molecule has 3 aromatic rings. The van der Waals surface area contributed by atoms with Gasteiger partial charge in [-0.2, -0.15) is 95.9 Å². The van der Waals surface area contributed by atoms with E-state index in [4.69, 9.17) is 19.3 Å². The standard InChI is InChI=1S/2C18H17F9O9S.C4H4N2/c2*1-14(30,16(19,20)21)2-4-35-12(28)9-6-10(8-11(7-9)37(32,33)34)13(29)36-5-3-15(31,17(22,23)24)18(25,26)27;1-2-5-4-6-3-1/h2*6-8,30-31H,2-5H2,1H3,(H,32,33,34);1-4H/p+1. The summed E-state index contributed by atoms with van der Waals surface area (Å²) < 4.78 is 309. The zero-order valence-corrected chi connectivity index (χ0v) is 41.2. The van der Waals surface area contributed by atoms with Gasteiger partial charge in [0.1, 0.15) is 6.20 Å². The molecule has 3 rings (SSSR count). The molecule has 2 unspecified atom stereocenters. The fraction of sp³-hybridized carbons (Fsp3) is 0.500. The van der Waals surface area contributed by atoms with E-state index in [-0.39, 0.29) is 0 Å². The van der Waals surface area contributed by atoms with Crippen LogP contribution in [-0.4, -0.2) is 161 Å². The lowest BCUT2D eigenvalue weighted by Crippen LogP contribution is -2.57. The first kappa shape index (κ1) is 71.8. The van der Waals surface area contributed by atoms with E-state index in [9.17, 15) is 125 Å². The number of ether oxygens (including phenoxy) is 4. The highest BCUT2D eigenvalue weighted by Crippen LogP contribution is 2.46. The highest BCUT2D eigenvalue weighted by Gasteiger charge is 2.71. The number of nitrogens with one attached hydrogen (secondary N) is 1. The summed E-state index contributed by atoms with van der Waals surface area (Å²) in [5.74, 6) is -6.82. The number of alkyl halides is 18. The highest BCUT2D eigenvalue weighted by atomic mass is 32.2. The van der Waals surface area contributed by atoms with Crippen LogP contribution in [0.1, 0.15) is 81.0 Å². The molecule has 0 spiro atoms. The monoisotopic (exact) mass is 1240 g/mol. The fourth-order valence-electron chi connectivity index (χ4n) is 5.02. The summed E-state index contributed by atoms with van der Waals surface area (Å²) in [6.07, 6.45) is -36.8. The molecular formula is C40H39F18N2O18S2+. The molecule has 0 saturated carbocycles. The third kappa shape index (κ3) is 20.1. The normalized spacial score (nSPS) is 14.6. The summed E-state index contributed by atoms with van der Waals surface area (Å²) in [5.41, 5.74) is -21.0. The average Bonchev–Trinajstić information content (AvgIpc) is 3.29. The number of benzene rings is 2. The number of esters is 4. The molecule has 0 aliphatic carbocycles. The Morgan fingerprint density at radius 1 is 0.450 bits per heavy atom. The topological polar surface area (TPSA) is 322 Å². The minimum Gasteiger partial charge on any atom is -0.462 e. The maximum atomic E-state index is 12.7. The van der Waals surface area contributed by atoms with Crippen LogP contribution in [0.25, 0.3) is 0 Å². The number of rotatable bonds is 18. The molecule has 0 saturated heterocycles. The van der Waals surface area contributed by atoms with Crippen LogP contribution in [0, 0.1) is 0 Å². The maximum absolute atomic E-state index is 12.7. The fourth-order valence-corrected chi connectivity index (χ4v) is 6.12. The Hall–Kier alpha value is -6.20. The number of carbonyl (C=O) groups is 4. The number of aromatic nitrogens is 2. The Morgan fingerprint density at radius 2 is 0.700 bits per heavy atom. The summed E-state index contributed by atoms with van der Waals surface area (Å²) in [7, 11) is -10.4. The van der Waals surface area contributed by atoms with Gasteiger partial charge >= 0.3 is 60.9 Å². The van der Waals surface area contributed by atoms with Gasteiger partial charge in [0.15, 0.2) is 11.2 Å². The first-order valence-electron chi connectivity index (χ1n) is 20.7. The molecule has 1 aromatic heterocycles. The predicted octanol–water partition coefficient (Wildman–Crippen LogP) is 6.29. The van der Waals surface area contributed by atoms with Crippen molar-refractivity contribution in [3.05, 3.63) is 83.4 Å². The summed E-state index contributed by atoms with van der Waals surface area (Å²) in [6.45, 7) is -4.89. The Labute approximate surface area is 435 Å². The summed E-state index contributed by atoms with van der Waals surface area (Å²) in [5, 5.41) is 36.6. The second-order valence-electron chi connectivity index (χ2n) is 16.2. The van der Waals surface area contributed by atoms with Crippen molar-refractivity contribution < 1.29 is 169 Å². The highest BCUT2D eigenvalue weighted by molar-refractivity contribution is 7.86. The Kier molecular flexibility index (Phi) is 23.5. The zero-order valence-electron chi connectivity index (χ0n) is 39.6. The van der Waals surface area contributed by atoms with Crippen LogP contribution in [-0.2, 0) is 39.2 Å². The van der Waals surface area contributed by atoms with Crippen LogP contribution in [0.5, 0.6) is 0 Å². The van der Waals surface area contributed by atoms with E-state index in [1.165, 1.54) is 0 Å². The van der Waals surface area contributed by atoms with Gasteiger partial charge in [0.05, 0.1) is 64.7 Å². The second-order valence-corrected chi connectivity index (χ2v) is 19.0. The number of carbonyl (C=O) groups excluding carboxylic acids is 4. The van der Waals surface area contributed by atoms with Crippen LogP contribution >= 0.6 is 0 Å². The molecule has 0 aliphatic heterocycles. The molecule has 2 atom stereocenters. The van der Waals surface area contributed by atoms with Gasteiger partial charge < -0.3 is 39.4 Å². The van der Waals surface area contributed by atoms with Gasteiger partial charge in [-0.1, -0.05) is 4.98 Å². The molecule has 0 fully saturated rings. The molecule has 2 aromatic carbocycles. The van der Waals surface area contributed by atoms with E-state index >= 15 is 0 Å². The number of nitrogens with zero attached hydrogens (tertiary/aromatic N) is 1. The molecule has 0 bridgehead atoms. The predicted molar refractivity (Wildman–Crippen MR) is 220 cm³/mol. The summed E-state index contributed by atoms with van der Waals surface area (Å²) in [4.78, 5) is 52.5. The summed E-state index contributed by atoms with van der Waals surface area (Å²) >= 11 is 0. The minimum atomic E-state index is -6.23. The van der Waals surface area contributed by atoms with Crippen molar-refractivity contribution in [1.29, 1.82) is 0 Å². The van der Waals surface area contributed by atoms with Gasteiger partial charge in [0, 0.05) is 31.7 Å². The third-order valence-corrected chi connectivity index (χ3v) is 11.7. The Morgan fingerprint density at radius 3 is 0.863 bits per heavy atom. The largest absolute Gasteiger partial charge is 0.462 e. The van der Waals surface area contributed by atoms with Gasteiger partial charge in [-0.3, -0.25) is 14.1 Å². The van der Waals surface area contributed by atoms with Crippen molar-refractivity contribution in [1.82, 2.24) is 4.98 Å². The van der Waals surface area contributed by atoms with Crippen LogP contribution in [0.4, 0.5) is 79.0 Å². The van der Waals surface area contributed by atoms with Crippen molar-refractivity contribution in [2.24, 2.45) is 0 Å². The Balaban J connectivity index is 0.000000721. The van der Waals surface area contributed by atoms with E-state index in [0.29, 0.717) is 50.2 Å². The molecule has 0 radical (unpaired) electrons. The van der Waals surface area contributed by atoms with Crippen molar-refractivity contribution in [3.8, 4) is 0 Å². The zero-order chi connectivity index (χ0) is 62.7. The minimum absolute atomic E-state index is 0.308. The number of aromatic amines is 1. The molecule has 1 heterocycles.